The standard InChI is InChI=1S/C26H32N4O5S/c1-3-12-35-24-15-20(6-9-23(24)33-2)22-18-36-26(32)30(28-22)16-19-4-7-21(8-5-19)27-25(31)17-29-10-13-34-14-11-29/h4-9,15H,3,10-14,16-18H2,1-2H3,(H,27,31). The number of morpholine rings is 1. The Morgan fingerprint density at radius 2 is 1.92 bits per heavy atom. The lowest BCUT2D eigenvalue weighted by Crippen LogP contribution is -2.41. The Morgan fingerprint density at radius 3 is 2.64 bits per heavy atom. The van der Waals surface area contributed by atoms with Gasteiger partial charge in [0.2, 0.25) is 5.91 Å². The summed E-state index contributed by atoms with van der Waals surface area (Å²) in [5, 5.41) is 8.95. The molecule has 0 aromatic heterocycles. The van der Waals surface area contributed by atoms with Crippen LogP contribution in [0.4, 0.5) is 10.5 Å². The molecule has 2 aromatic carbocycles. The average Bonchev–Trinajstić information content (AvgIpc) is 2.90. The zero-order chi connectivity index (χ0) is 25.3. The first-order chi connectivity index (χ1) is 17.6. The second kappa shape index (κ2) is 12.8. The molecule has 4 rings (SSSR count). The largest absolute Gasteiger partial charge is 0.493 e. The number of ether oxygens (including phenoxy) is 3. The Labute approximate surface area is 215 Å². The highest BCUT2D eigenvalue weighted by Crippen LogP contribution is 2.30. The first-order valence-electron chi connectivity index (χ1n) is 12.1. The molecule has 36 heavy (non-hydrogen) atoms. The number of thioether (sulfide) groups is 1. The molecule has 0 spiro atoms. The minimum atomic E-state index is -0.0994. The molecule has 0 bridgehead atoms. The maximum atomic E-state index is 12.6. The summed E-state index contributed by atoms with van der Waals surface area (Å²) in [6.07, 6.45) is 0.892. The second-order valence-electron chi connectivity index (χ2n) is 8.51. The molecule has 0 aliphatic carbocycles. The van der Waals surface area contributed by atoms with Crippen molar-refractivity contribution in [1.82, 2.24) is 9.91 Å². The predicted molar refractivity (Wildman–Crippen MR) is 141 cm³/mol. The Kier molecular flexibility index (Phi) is 9.21. The van der Waals surface area contributed by atoms with Crippen LogP contribution in [0.1, 0.15) is 24.5 Å². The third-order valence-electron chi connectivity index (χ3n) is 5.78. The number of carbonyl (C=O) groups excluding carboxylic acids is 2. The second-order valence-corrected chi connectivity index (χ2v) is 9.43. The number of carbonyl (C=O) groups is 2. The quantitative estimate of drug-likeness (QED) is 0.517. The molecule has 1 fully saturated rings. The number of nitrogens with zero attached hydrogens (tertiary/aromatic N) is 3. The zero-order valence-corrected chi connectivity index (χ0v) is 21.5. The maximum Gasteiger partial charge on any atom is 0.302 e. The van der Waals surface area contributed by atoms with Gasteiger partial charge in [-0.15, -0.1) is 0 Å². The lowest BCUT2D eigenvalue weighted by atomic mass is 10.1. The molecule has 0 unspecified atom stereocenters. The molecule has 9 nitrogen and oxygen atoms in total. The fourth-order valence-corrected chi connectivity index (χ4v) is 4.61. The monoisotopic (exact) mass is 512 g/mol. The number of methoxy groups -OCH3 is 1. The molecule has 192 valence electrons. The lowest BCUT2D eigenvalue weighted by Gasteiger charge is -2.25. The molecule has 0 saturated carbocycles. The van der Waals surface area contributed by atoms with E-state index in [4.69, 9.17) is 14.2 Å². The van der Waals surface area contributed by atoms with Crippen molar-refractivity contribution in [2.24, 2.45) is 5.10 Å². The van der Waals surface area contributed by atoms with E-state index in [-0.39, 0.29) is 11.1 Å². The number of hydrazone groups is 1. The first-order valence-corrected chi connectivity index (χ1v) is 13.1. The number of nitrogens with one attached hydrogen (secondary N) is 1. The Morgan fingerprint density at radius 1 is 1.14 bits per heavy atom. The van der Waals surface area contributed by atoms with Gasteiger partial charge in [-0.1, -0.05) is 30.8 Å². The van der Waals surface area contributed by atoms with E-state index >= 15 is 0 Å². The van der Waals surface area contributed by atoms with Gasteiger partial charge >= 0.3 is 5.24 Å². The van der Waals surface area contributed by atoms with Crippen LogP contribution < -0.4 is 14.8 Å². The smallest absolute Gasteiger partial charge is 0.302 e. The van der Waals surface area contributed by atoms with Crippen molar-refractivity contribution in [3.63, 3.8) is 0 Å². The van der Waals surface area contributed by atoms with Crippen molar-refractivity contribution in [3.05, 3.63) is 53.6 Å². The highest BCUT2D eigenvalue weighted by Gasteiger charge is 2.23. The van der Waals surface area contributed by atoms with Gasteiger partial charge in [0.25, 0.3) is 0 Å². The van der Waals surface area contributed by atoms with Crippen LogP contribution in [0.25, 0.3) is 0 Å². The van der Waals surface area contributed by atoms with Gasteiger partial charge in [-0.05, 0) is 42.3 Å². The van der Waals surface area contributed by atoms with Crippen molar-refractivity contribution in [2.75, 3.05) is 57.6 Å². The molecule has 2 aromatic rings. The van der Waals surface area contributed by atoms with Crippen LogP contribution in [0.2, 0.25) is 0 Å². The van der Waals surface area contributed by atoms with Crippen molar-refractivity contribution in [2.45, 2.75) is 19.9 Å². The number of hydrogen-bond donors (Lipinski definition) is 1. The molecular weight excluding hydrogens is 480 g/mol. The summed E-state index contributed by atoms with van der Waals surface area (Å²) in [5.74, 6) is 1.77. The van der Waals surface area contributed by atoms with Crippen molar-refractivity contribution >= 4 is 34.3 Å². The van der Waals surface area contributed by atoms with Gasteiger partial charge in [-0.25, -0.2) is 5.01 Å². The van der Waals surface area contributed by atoms with Gasteiger partial charge in [-0.3, -0.25) is 14.5 Å². The summed E-state index contributed by atoms with van der Waals surface area (Å²) < 4.78 is 16.6. The summed E-state index contributed by atoms with van der Waals surface area (Å²) >= 11 is 1.22. The normalized spacial score (nSPS) is 16.4. The minimum absolute atomic E-state index is 0.0525. The molecule has 2 amide bonds. The van der Waals surface area contributed by atoms with Crippen LogP contribution in [0.5, 0.6) is 11.5 Å². The van der Waals surface area contributed by atoms with Gasteiger partial charge in [0.15, 0.2) is 11.5 Å². The highest BCUT2D eigenvalue weighted by atomic mass is 32.2. The zero-order valence-electron chi connectivity index (χ0n) is 20.7. The number of rotatable bonds is 10. The number of hydrogen-bond acceptors (Lipinski definition) is 8. The van der Waals surface area contributed by atoms with Crippen LogP contribution in [-0.4, -0.2) is 79.1 Å². The van der Waals surface area contributed by atoms with Crippen LogP contribution >= 0.6 is 11.8 Å². The van der Waals surface area contributed by atoms with Gasteiger partial charge in [-0.2, -0.15) is 5.10 Å². The third-order valence-corrected chi connectivity index (χ3v) is 6.66. The van der Waals surface area contributed by atoms with E-state index in [9.17, 15) is 9.59 Å². The predicted octanol–water partition coefficient (Wildman–Crippen LogP) is 3.83. The van der Waals surface area contributed by atoms with E-state index < -0.39 is 0 Å². The number of amides is 2. The fraction of sp³-hybridized carbons (Fsp3) is 0.423. The first kappa shape index (κ1) is 26.0. The molecular formula is C26H32N4O5S. The molecule has 0 radical (unpaired) electrons. The lowest BCUT2D eigenvalue weighted by molar-refractivity contribution is -0.118. The topological polar surface area (TPSA) is 92.7 Å². The molecule has 2 heterocycles. The fourth-order valence-electron chi connectivity index (χ4n) is 3.87. The van der Waals surface area contributed by atoms with Crippen LogP contribution in [-0.2, 0) is 16.1 Å². The van der Waals surface area contributed by atoms with Gasteiger partial charge in [0, 0.05) is 30.1 Å². The van der Waals surface area contributed by atoms with Crippen LogP contribution in [0.15, 0.2) is 47.6 Å². The summed E-state index contributed by atoms with van der Waals surface area (Å²) in [6.45, 7) is 6.17. The Bertz CT molecular complexity index is 1090. The van der Waals surface area contributed by atoms with Crippen LogP contribution in [0, 0.1) is 0 Å². The molecule has 1 N–H and O–H groups in total. The molecule has 1 saturated heterocycles. The van der Waals surface area contributed by atoms with E-state index in [2.05, 4.69) is 15.3 Å². The number of anilines is 1. The van der Waals surface area contributed by atoms with E-state index in [1.807, 2.05) is 49.4 Å². The Balaban J connectivity index is 1.39. The van der Waals surface area contributed by atoms with Gasteiger partial charge < -0.3 is 19.5 Å². The highest BCUT2D eigenvalue weighted by molar-refractivity contribution is 8.14. The van der Waals surface area contributed by atoms with Crippen molar-refractivity contribution < 1.29 is 23.8 Å². The average molecular weight is 513 g/mol. The van der Waals surface area contributed by atoms with E-state index in [0.29, 0.717) is 50.2 Å². The molecule has 2 aliphatic heterocycles. The minimum Gasteiger partial charge on any atom is -0.493 e. The summed E-state index contributed by atoms with van der Waals surface area (Å²) in [7, 11) is 1.61. The van der Waals surface area contributed by atoms with E-state index in [1.165, 1.54) is 16.8 Å². The summed E-state index contributed by atoms with van der Waals surface area (Å²) in [5.41, 5.74) is 3.33. The van der Waals surface area contributed by atoms with E-state index in [1.54, 1.807) is 7.11 Å². The van der Waals surface area contributed by atoms with E-state index in [0.717, 1.165) is 42.0 Å². The van der Waals surface area contributed by atoms with Gasteiger partial charge in [0.1, 0.15) is 0 Å². The Hall–Kier alpha value is -3.08. The van der Waals surface area contributed by atoms with Crippen LogP contribution in [0.3, 0.4) is 0 Å². The molecule has 2 aliphatic rings. The van der Waals surface area contributed by atoms with Crippen molar-refractivity contribution in [3.8, 4) is 11.5 Å². The van der Waals surface area contributed by atoms with Crippen molar-refractivity contribution in [1.29, 1.82) is 0 Å². The maximum absolute atomic E-state index is 12.6. The summed E-state index contributed by atoms with van der Waals surface area (Å²) in [4.78, 5) is 27.0. The van der Waals surface area contributed by atoms with Gasteiger partial charge in [0.05, 0.1) is 45.7 Å². The summed E-state index contributed by atoms with van der Waals surface area (Å²) in [6, 6.07) is 13.2. The molecule has 10 heteroatoms. The number of benzene rings is 2. The molecule has 0 atom stereocenters. The SMILES string of the molecule is CCCOc1cc(C2=NN(Cc3ccc(NC(=O)CN4CCOCC4)cc3)C(=O)SC2)ccc1OC. The third kappa shape index (κ3) is 6.99.